The van der Waals surface area contributed by atoms with Gasteiger partial charge in [-0.15, -0.1) is 0 Å². The second-order valence-corrected chi connectivity index (χ2v) is 4.67. The minimum atomic E-state index is -0.386. The van der Waals surface area contributed by atoms with Crippen molar-refractivity contribution >= 4 is 17.5 Å². The third kappa shape index (κ3) is 3.05. The van der Waals surface area contributed by atoms with Crippen LogP contribution >= 0.6 is 0 Å². The minimum absolute atomic E-state index is 0.383. The van der Waals surface area contributed by atoms with Crippen LogP contribution in [-0.4, -0.2) is 47.8 Å². The van der Waals surface area contributed by atoms with Crippen molar-refractivity contribution in [1.82, 2.24) is 9.80 Å². The Kier molecular flexibility index (Phi) is 4.04. The molecule has 1 aromatic rings. The van der Waals surface area contributed by atoms with Crippen molar-refractivity contribution in [3.63, 3.8) is 0 Å². The number of amides is 2. The van der Waals surface area contributed by atoms with Gasteiger partial charge in [0.25, 0.3) is 0 Å². The zero-order valence-corrected chi connectivity index (χ0v) is 11.1. The molecule has 2 rings (SSSR count). The fraction of sp³-hybridized carbons (Fsp3) is 0.429. The van der Waals surface area contributed by atoms with Crippen LogP contribution in [0.4, 0.5) is 5.69 Å². The average Bonchev–Trinajstić information content (AvgIpc) is 2.42. The largest absolute Gasteiger partial charge is 0.399 e. The summed E-state index contributed by atoms with van der Waals surface area (Å²) >= 11 is 0. The Bertz CT molecular complexity index is 470. The van der Waals surface area contributed by atoms with Crippen LogP contribution in [0.1, 0.15) is 12.5 Å². The third-order valence-corrected chi connectivity index (χ3v) is 3.43. The lowest BCUT2D eigenvalue weighted by atomic mass is 10.1. The number of nitrogen functional groups attached to an aromatic ring is 1. The van der Waals surface area contributed by atoms with Crippen LogP contribution in [0.2, 0.25) is 0 Å². The molecule has 0 bridgehead atoms. The van der Waals surface area contributed by atoms with Gasteiger partial charge in [0.15, 0.2) is 0 Å². The number of anilines is 1. The first kappa shape index (κ1) is 13.4. The van der Waals surface area contributed by atoms with Crippen LogP contribution in [0.3, 0.4) is 0 Å². The Morgan fingerprint density at radius 3 is 2.26 bits per heavy atom. The molecule has 0 aromatic heterocycles. The molecule has 102 valence electrons. The van der Waals surface area contributed by atoms with E-state index >= 15 is 0 Å². The van der Waals surface area contributed by atoms with Gasteiger partial charge in [-0.2, -0.15) is 0 Å². The monoisotopic (exact) mass is 261 g/mol. The predicted octanol–water partition coefficient (Wildman–Crippen LogP) is 0.502. The lowest BCUT2D eigenvalue weighted by Gasteiger charge is -2.33. The van der Waals surface area contributed by atoms with Crippen LogP contribution in [0, 0.1) is 0 Å². The van der Waals surface area contributed by atoms with Gasteiger partial charge in [0, 0.05) is 31.9 Å². The van der Waals surface area contributed by atoms with Gasteiger partial charge < -0.3 is 15.5 Å². The lowest BCUT2D eigenvalue weighted by Crippen LogP contribution is -2.54. The van der Waals surface area contributed by atoms with Gasteiger partial charge in [-0.3, -0.25) is 9.59 Å². The second kappa shape index (κ2) is 5.73. The molecular formula is C14H19N3O2. The SMILES string of the molecule is CCN1CCN(CCc2ccc(N)cc2)C(=O)C1=O. The number of hydrogen-bond donors (Lipinski definition) is 1. The molecule has 0 aliphatic carbocycles. The molecule has 1 aliphatic rings. The maximum Gasteiger partial charge on any atom is 0.312 e. The van der Waals surface area contributed by atoms with Crippen molar-refractivity contribution in [1.29, 1.82) is 0 Å². The van der Waals surface area contributed by atoms with Crippen molar-refractivity contribution in [2.45, 2.75) is 13.3 Å². The van der Waals surface area contributed by atoms with E-state index in [4.69, 9.17) is 5.73 Å². The fourth-order valence-electron chi connectivity index (χ4n) is 2.18. The van der Waals surface area contributed by atoms with Gasteiger partial charge in [-0.05, 0) is 31.0 Å². The standard InChI is InChI=1S/C14H19N3O2/c1-2-16-9-10-17(14(19)13(16)18)8-7-11-3-5-12(15)6-4-11/h3-6H,2,7-10,15H2,1H3. The Hall–Kier alpha value is -2.04. The van der Waals surface area contributed by atoms with Crippen molar-refractivity contribution in [2.24, 2.45) is 0 Å². The number of hydrogen-bond acceptors (Lipinski definition) is 3. The number of likely N-dealkylation sites (N-methyl/N-ethyl adjacent to an activating group) is 1. The van der Waals surface area contributed by atoms with Gasteiger partial charge in [0.2, 0.25) is 0 Å². The van der Waals surface area contributed by atoms with Crippen LogP contribution in [0.25, 0.3) is 0 Å². The van der Waals surface area contributed by atoms with Gasteiger partial charge in [-0.1, -0.05) is 12.1 Å². The summed E-state index contributed by atoms with van der Waals surface area (Å²) in [5, 5.41) is 0. The molecule has 0 atom stereocenters. The van der Waals surface area contributed by atoms with Crippen LogP contribution in [-0.2, 0) is 16.0 Å². The highest BCUT2D eigenvalue weighted by Crippen LogP contribution is 2.09. The zero-order valence-electron chi connectivity index (χ0n) is 11.1. The number of nitrogens with two attached hydrogens (primary N) is 1. The Morgan fingerprint density at radius 1 is 1.05 bits per heavy atom. The van der Waals surface area contributed by atoms with E-state index in [0.717, 1.165) is 17.7 Å². The topological polar surface area (TPSA) is 66.6 Å². The van der Waals surface area contributed by atoms with E-state index in [-0.39, 0.29) is 11.8 Å². The highest BCUT2D eigenvalue weighted by atomic mass is 16.2. The Balaban J connectivity index is 1.91. The number of benzene rings is 1. The van der Waals surface area contributed by atoms with Crippen LogP contribution < -0.4 is 5.73 Å². The molecule has 1 fully saturated rings. The lowest BCUT2D eigenvalue weighted by molar-refractivity contribution is -0.155. The maximum absolute atomic E-state index is 11.9. The van der Waals surface area contributed by atoms with Crippen molar-refractivity contribution < 1.29 is 9.59 Å². The third-order valence-electron chi connectivity index (χ3n) is 3.43. The molecule has 1 aliphatic heterocycles. The molecule has 1 heterocycles. The first-order valence-corrected chi connectivity index (χ1v) is 6.54. The highest BCUT2D eigenvalue weighted by Gasteiger charge is 2.30. The van der Waals surface area contributed by atoms with E-state index in [2.05, 4.69) is 0 Å². The van der Waals surface area contributed by atoms with Gasteiger partial charge in [0.05, 0.1) is 0 Å². The van der Waals surface area contributed by atoms with E-state index in [0.29, 0.717) is 26.2 Å². The molecule has 1 aromatic carbocycles. The molecule has 5 nitrogen and oxygen atoms in total. The summed E-state index contributed by atoms with van der Waals surface area (Å²) in [4.78, 5) is 26.8. The van der Waals surface area contributed by atoms with E-state index < -0.39 is 0 Å². The summed E-state index contributed by atoms with van der Waals surface area (Å²) in [7, 11) is 0. The van der Waals surface area contributed by atoms with E-state index in [9.17, 15) is 9.59 Å². The summed E-state index contributed by atoms with van der Waals surface area (Å²) in [6, 6.07) is 7.59. The predicted molar refractivity (Wildman–Crippen MR) is 73.4 cm³/mol. The summed E-state index contributed by atoms with van der Waals surface area (Å²) in [5.41, 5.74) is 7.47. The molecule has 19 heavy (non-hydrogen) atoms. The molecule has 2 amide bonds. The smallest absolute Gasteiger partial charge is 0.312 e. The Morgan fingerprint density at radius 2 is 1.63 bits per heavy atom. The quantitative estimate of drug-likeness (QED) is 0.634. The summed E-state index contributed by atoms with van der Waals surface area (Å²) in [5.74, 6) is -0.769. The molecule has 5 heteroatoms. The fourth-order valence-corrected chi connectivity index (χ4v) is 2.18. The zero-order chi connectivity index (χ0) is 13.8. The van der Waals surface area contributed by atoms with Gasteiger partial charge >= 0.3 is 11.8 Å². The molecule has 0 unspecified atom stereocenters. The molecule has 0 spiro atoms. The number of piperazine rings is 1. The number of rotatable bonds is 4. The molecule has 0 saturated carbocycles. The van der Waals surface area contributed by atoms with Crippen molar-refractivity contribution in [2.75, 3.05) is 31.9 Å². The summed E-state index contributed by atoms with van der Waals surface area (Å²) in [6.07, 6.45) is 0.741. The normalized spacial score (nSPS) is 16.1. The first-order chi connectivity index (χ1) is 9.11. The second-order valence-electron chi connectivity index (χ2n) is 4.67. The average molecular weight is 261 g/mol. The number of carbonyl (C=O) groups is 2. The van der Waals surface area contributed by atoms with E-state index in [1.807, 2.05) is 31.2 Å². The Labute approximate surface area is 113 Å². The molecule has 1 saturated heterocycles. The molecule has 2 N–H and O–H groups in total. The van der Waals surface area contributed by atoms with Gasteiger partial charge in [0.1, 0.15) is 0 Å². The van der Waals surface area contributed by atoms with Crippen LogP contribution in [0.15, 0.2) is 24.3 Å². The first-order valence-electron chi connectivity index (χ1n) is 6.54. The maximum atomic E-state index is 11.9. The highest BCUT2D eigenvalue weighted by molar-refractivity contribution is 6.35. The van der Waals surface area contributed by atoms with Gasteiger partial charge in [-0.25, -0.2) is 0 Å². The molecule has 0 radical (unpaired) electrons. The van der Waals surface area contributed by atoms with E-state index in [1.54, 1.807) is 9.80 Å². The summed E-state index contributed by atoms with van der Waals surface area (Å²) < 4.78 is 0. The van der Waals surface area contributed by atoms with Crippen molar-refractivity contribution in [3.05, 3.63) is 29.8 Å². The van der Waals surface area contributed by atoms with E-state index in [1.165, 1.54) is 0 Å². The minimum Gasteiger partial charge on any atom is -0.399 e. The summed E-state index contributed by atoms with van der Waals surface area (Å²) in [6.45, 7) is 4.30. The van der Waals surface area contributed by atoms with Crippen LogP contribution in [0.5, 0.6) is 0 Å². The number of nitrogens with zero attached hydrogens (tertiary/aromatic N) is 2. The molecular weight excluding hydrogens is 242 g/mol. The van der Waals surface area contributed by atoms with Crippen molar-refractivity contribution in [3.8, 4) is 0 Å². The number of carbonyl (C=O) groups excluding carboxylic acids is 2.